The van der Waals surface area contributed by atoms with E-state index >= 15 is 0 Å². The second-order valence-electron chi connectivity index (χ2n) is 5.60. The summed E-state index contributed by atoms with van der Waals surface area (Å²) in [7, 11) is 0. The van der Waals surface area contributed by atoms with Gasteiger partial charge in [0.15, 0.2) is 0 Å². The number of unbranched alkanes of at least 4 members (excludes halogenated alkanes) is 2. The maximum Gasteiger partial charge on any atom is 0.306 e. The van der Waals surface area contributed by atoms with Gasteiger partial charge in [-0.3, -0.25) is 4.79 Å². The molecule has 0 spiro atoms. The normalized spacial score (nSPS) is 17.7. The Hall–Kier alpha value is -0.280. The summed E-state index contributed by atoms with van der Waals surface area (Å²) in [4.78, 5) is 11.8. The van der Waals surface area contributed by atoms with E-state index in [1.807, 2.05) is 13.8 Å². The van der Waals surface area contributed by atoms with Gasteiger partial charge in [0.2, 0.25) is 0 Å². The van der Waals surface area contributed by atoms with E-state index < -0.39 is 0 Å². The van der Waals surface area contributed by atoms with Gasteiger partial charge in [-0.2, -0.15) is 0 Å². The smallest absolute Gasteiger partial charge is 0.306 e. The van der Waals surface area contributed by atoms with Crippen molar-refractivity contribution in [3.05, 3.63) is 0 Å². The minimum Gasteiger partial charge on any atom is -0.459 e. The van der Waals surface area contributed by atoms with Crippen molar-refractivity contribution in [3.8, 4) is 0 Å². The van der Waals surface area contributed by atoms with Gasteiger partial charge in [-0.15, -0.1) is 11.6 Å². The highest BCUT2D eigenvalue weighted by Crippen LogP contribution is 2.29. The van der Waals surface area contributed by atoms with Crippen LogP contribution in [0.25, 0.3) is 0 Å². The third-order valence-corrected chi connectivity index (χ3v) is 3.98. The lowest BCUT2D eigenvalue weighted by Gasteiger charge is -2.36. The Morgan fingerprint density at radius 2 is 1.94 bits per heavy atom. The van der Waals surface area contributed by atoms with Gasteiger partial charge in [-0.25, -0.2) is 0 Å². The molecule has 0 aromatic rings. The van der Waals surface area contributed by atoms with Crippen LogP contribution in [0.2, 0.25) is 0 Å². The first-order valence-electron chi connectivity index (χ1n) is 7.05. The van der Waals surface area contributed by atoms with Gasteiger partial charge in [0.1, 0.15) is 5.60 Å². The maximum absolute atomic E-state index is 11.8. The molecular weight excluding hydrogens is 250 g/mol. The Bertz CT molecular complexity index is 250. The van der Waals surface area contributed by atoms with E-state index in [0.29, 0.717) is 18.2 Å². The Labute approximate surface area is 116 Å². The summed E-state index contributed by atoms with van der Waals surface area (Å²) in [6, 6.07) is 0. The third kappa shape index (κ3) is 5.57. The highest BCUT2D eigenvalue weighted by molar-refractivity contribution is 6.17. The number of ether oxygens (including phenoxy) is 1. The summed E-state index contributed by atoms with van der Waals surface area (Å²) in [6.45, 7) is 6.14. The first-order chi connectivity index (χ1) is 8.56. The Morgan fingerprint density at radius 3 is 2.56 bits per heavy atom. The molecule has 0 amide bonds. The zero-order chi connectivity index (χ0) is 13.4. The zero-order valence-electron chi connectivity index (χ0n) is 11.6. The van der Waals surface area contributed by atoms with Gasteiger partial charge >= 0.3 is 5.97 Å². The van der Waals surface area contributed by atoms with E-state index in [2.05, 4.69) is 5.32 Å². The molecular formula is C14H26ClNO2. The summed E-state index contributed by atoms with van der Waals surface area (Å²) in [5.41, 5.74) is -0.328. The largest absolute Gasteiger partial charge is 0.459 e. The van der Waals surface area contributed by atoms with Crippen LogP contribution < -0.4 is 5.32 Å². The second kappa shape index (κ2) is 8.00. The van der Waals surface area contributed by atoms with Crippen LogP contribution in [0.5, 0.6) is 0 Å². The molecule has 3 nitrogen and oxygen atoms in total. The lowest BCUT2D eigenvalue weighted by atomic mass is 9.83. The molecule has 1 saturated heterocycles. The van der Waals surface area contributed by atoms with E-state index in [1.54, 1.807) is 0 Å². The average molecular weight is 276 g/mol. The molecule has 1 rings (SSSR count). The summed E-state index contributed by atoms with van der Waals surface area (Å²) >= 11 is 5.60. The molecule has 0 radical (unpaired) electrons. The number of carbonyl (C=O) groups is 1. The van der Waals surface area contributed by atoms with Gasteiger partial charge in [-0.1, -0.05) is 6.42 Å². The van der Waals surface area contributed by atoms with Gasteiger partial charge < -0.3 is 10.1 Å². The first kappa shape index (κ1) is 15.8. The predicted octanol–water partition coefficient (Wildman–Crippen LogP) is 3.11. The van der Waals surface area contributed by atoms with Crippen molar-refractivity contribution in [1.29, 1.82) is 0 Å². The Kier molecular flexibility index (Phi) is 7.02. The molecule has 1 heterocycles. The fourth-order valence-corrected chi connectivity index (χ4v) is 2.67. The molecule has 0 atom stereocenters. The molecule has 1 aliphatic rings. The number of nitrogens with one attached hydrogen (secondary N) is 1. The molecule has 0 aliphatic carbocycles. The monoisotopic (exact) mass is 275 g/mol. The molecule has 106 valence electrons. The van der Waals surface area contributed by atoms with E-state index in [4.69, 9.17) is 16.3 Å². The van der Waals surface area contributed by atoms with Crippen molar-refractivity contribution < 1.29 is 9.53 Å². The third-order valence-electron chi connectivity index (χ3n) is 3.71. The molecule has 0 aromatic heterocycles. The number of hydrogen-bond donors (Lipinski definition) is 1. The summed E-state index contributed by atoms with van der Waals surface area (Å²) in [5.74, 6) is 1.09. The number of halogens is 1. The Balaban J connectivity index is 2.27. The van der Waals surface area contributed by atoms with Crippen molar-refractivity contribution >= 4 is 17.6 Å². The lowest BCUT2D eigenvalue weighted by Crippen LogP contribution is -2.42. The molecule has 1 N–H and O–H groups in total. The maximum atomic E-state index is 11.8. The molecule has 4 heteroatoms. The van der Waals surface area contributed by atoms with Crippen molar-refractivity contribution in [3.63, 3.8) is 0 Å². The first-order valence-corrected chi connectivity index (χ1v) is 7.58. The molecule has 0 aromatic carbocycles. The molecule has 1 aliphatic heterocycles. The highest BCUT2D eigenvalue weighted by Gasteiger charge is 2.33. The van der Waals surface area contributed by atoms with E-state index in [9.17, 15) is 4.79 Å². The number of piperidine rings is 1. The van der Waals surface area contributed by atoms with E-state index in [0.717, 1.165) is 45.2 Å². The topological polar surface area (TPSA) is 38.3 Å². The highest BCUT2D eigenvalue weighted by atomic mass is 35.5. The summed E-state index contributed by atoms with van der Waals surface area (Å²) in [5, 5.41) is 3.34. The quantitative estimate of drug-likeness (QED) is 0.441. The Morgan fingerprint density at radius 1 is 1.28 bits per heavy atom. The van der Waals surface area contributed by atoms with Gasteiger partial charge in [0.05, 0.1) is 0 Å². The fraction of sp³-hybridized carbons (Fsp3) is 0.929. The lowest BCUT2D eigenvalue weighted by molar-refractivity contribution is -0.162. The van der Waals surface area contributed by atoms with Crippen LogP contribution >= 0.6 is 11.6 Å². The predicted molar refractivity (Wildman–Crippen MR) is 75.0 cm³/mol. The zero-order valence-corrected chi connectivity index (χ0v) is 12.4. The van der Waals surface area contributed by atoms with Crippen molar-refractivity contribution in [2.45, 2.75) is 58.0 Å². The van der Waals surface area contributed by atoms with Crippen molar-refractivity contribution in [2.75, 3.05) is 19.0 Å². The van der Waals surface area contributed by atoms with Crippen LogP contribution in [0.1, 0.15) is 52.4 Å². The SMILES string of the molecule is CC(C)(OC(=O)CCCCCCl)C1CCNCC1. The molecule has 18 heavy (non-hydrogen) atoms. The number of alkyl halides is 1. The van der Waals surface area contributed by atoms with Gasteiger partial charge in [-0.05, 0) is 52.6 Å². The summed E-state index contributed by atoms with van der Waals surface area (Å²) in [6.07, 6.45) is 5.57. The minimum atomic E-state index is -0.328. The molecule has 0 unspecified atom stereocenters. The molecule has 1 fully saturated rings. The van der Waals surface area contributed by atoms with Crippen LogP contribution in [-0.2, 0) is 9.53 Å². The minimum absolute atomic E-state index is 0.0619. The number of rotatable bonds is 7. The second-order valence-corrected chi connectivity index (χ2v) is 5.98. The van der Waals surface area contributed by atoms with Crippen molar-refractivity contribution in [2.24, 2.45) is 5.92 Å². The standard InChI is InChI=1S/C14H26ClNO2/c1-14(2,12-7-10-16-11-8-12)18-13(17)6-4-3-5-9-15/h12,16H,3-11H2,1-2H3. The fourth-order valence-electron chi connectivity index (χ4n) is 2.49. The van der Waals surface area contributed by atoms with Crippen LogP contribution in [0.4, 0.5) is 0 Å². The number of hydrogen-bond acceptors (Lipinski definition) is 3. The van der Waals surface area contributed by atoms with Crippen LogP contribution in [-0.4, -0.2) is 30.5 Å². The number of esters is 1. The van der Waals surface area contributed by atoms with Gasteiger partial charge in [0, 0.05) is 18.2 Å². The summed E-state index contributed by atoms with van der Waals surface area (Å²) < 4.78 is 5.66. The molecule has 0 saturated carbocycles. The van der Waals surface area contributed by atoms with Gasteiger partial charge in [0.25, 0.3) is 0 Å². The van der Waals surface area contributed by atoms with E-state index in [1.165, 1.54) is 0 Å². The molecule has 0 bridgehead atoms. The van der Waals surface area contributed by atoms with E-state index in [-0.39, 0.29) is 11.6 Å². The number of carbonyl (C=O) groups excluding carboxylic acids is 1. The van der Waals surface area contributed by atoms with Crippen LogP contribution in [0.3, 0.4) is 0 Å². The van der Waals surface area contributed by atoms with Crippen LogP contribution in [0, 0.1) is 5.92 Å². The average Bonchev–Trinajstić information content (AvgIpc) is 2.35. The van der Waals surface area contributed by atoms with Crippen molar-refractivity contribution in [1.82, 2.24) is 5.32 Å². The van der Waals surface area contributed by atoms with Crippen LogP contribution in [0.15, 0.2) is 0 Å².